The summed E-state index contributed by atoms with van der Waals surface area (Å²) in [5.41, 5.74) is 0.565. The second-order valence-electron chi connectivity index (χ2n) is 8.79. The molecule has 0 aromatic carbocycles. The van der Waals surface area contributed by atoms with Crippen molar-refractivity contribution in [2.24, 2.45) is 28.6 Å². The third-order valence-corrected chi connectivity index (χ3v) is 7.58. The van der Waals surface area contributed by atoms with Gasteiger partial charge in [0.1, 0.15) is 0 Å². The van der Waals surface area contributed by atoms with Gasteiger partial charge in [0.15, 0.2) is 11.6 Å². The van der Waals surface area contributed by atoms with E-state index < -0.39 is 6.10 Å². The molecule has 3 rings (SSSR count). The van der Waals surface area contributed by atoms with Crippen LogP contribution in [0.5, 0.6) is 0 Å². The minimum absolute atomic E-state index is 0.0255. The Bertz CT molecular complexity index is 715. The molecule has 26 heavy (non-hydrogen) atoms. The number of allylic oxidation sites excluding steroid dienone is 4. The molecule has 4 nitrogen and oxygen atoms in total. The first-order valence-corrected chi connectivity index (χ1v) is 9.78. The zero-order valence-corrected chi connectivity index (χ0v) is 16.0. The highest BCUT2D eigenvalue weighted by Crippen LogP contribution is 2.60. The summed E-state index contributed by atoms with van der Waals surface area (Å²) < 4.78 is 0. The largest absolute Gasteiger partial charge is 0.393 e. The molecular formula is C22H29NO3. The lowest BCUT2D eigenvalue weighted by Crippen LogP contribution is -2.49. The van der Waals surface area contributed by atoms with Crippen LogP contribution in [0.2, 0.25) is 0 Å². The Morgan fingerprint density at radius 2 is 2.12 bits per heavy atom. The van der Waals surface area contributed by atoms with Crippen LogP contribution in [0.4, 0.5) is 0 Å². The van der Waals surface area contributed by atoms with Crippen molar-refractivity contribution in [3.8, 4) is 6.07 Å². The monoisotopic (exact) mass is 355 g/mol. The molecule has 1 N–H and O–H groups in total. The third kappa shape index (κ3) is 2.87. The standard InChI is InChI=1S/C22H29NO3/c1-4-14-11-16(24)7-9-21(14,2)18-12-15-5-6-17(19(25)8-10-23)22(15,3)13-20(18)26/h7,9,11,15,17-18,20,26H,4-6,8,12-13H2,1-3H3. The minimum atomic E-state index is -0.510. The molecule has 3 aliphatic rings. The Labute approximate surface area is 156 Å². The number of nitriles is 1. The summed E-state index contributed by atoms with van der Waals surface area (Å²) in [6.45, 7) is 6.32. The Balaban J connectivity index is 1.87. The smallest absolute Gasteiger partial charge is 0.178 e. The molecule has 0 aromatic rings. The lowest BCUT2D eigenvalue weighted by Gasteiger charge is -2.51. The van der Waals surface area contributed by atoms with E-state index in [0.29, 0.717) is 12.3 Å². The van der Waals surface area contributed by atoms with Gasteiger partial charge >= 0.3 is 0 Å². The topological polar surface area (TPSA) is 78.2 Å². The van der Waals surface area contributed by atoms with Crippen molar-refractivity contribution in [3.63, 3.8) is 0 Å². The van der Waals surface area contributed by atoms with E-state index in [2.05, 4.69) is 20.8 Å². The highest BCUT2D eigenvalue weighted by molar-refractivity contribution is 6.01. The van der Waals surface area contributed by atoms with Crippen LogP contribution in [-0.2, 0) is 9.59 Å². The Morgan fingerprint density at radius 3 is 2.77 bits per heavy atom. The number of carbonyl (C=O) groups is 2. The number of aliphatic hydroxyl groups is 1. The van der Waals surface area contributed by atoms with Gasteiger partial charge in [0.25, 0.3) is 0 Å². The molecule has 6 unspecified atom stereocenters. The van der Waals surface area contributed by atoms with Crippen molar-refractivity contribution in [1.82, 2.24) is 0 Å². The number of ketones is 2. The van der Waals surface area contributed by atoms with Gasteiger partial charge in [0.2, 0.25) is 0 Å². The number of aliphatic hydroxyl groups excluding tert-OH is 1. The molecule has 6 atom stereocenters. The fourth-order valence-electron chi connectivity index (χ4n) is 6.02. The van der Waals surface area contributed by atoms with E-state index in [1.165, 1.54) is 0 Å². The molecule has 0 aliphatic heterocycles. The molecule has 3 aliphatic carbocycles. The van der Waals surface area contributed by atoms with E-state index in [1.54, 1.807) is 12.2 Å². The fourth-order valence-corrected chi connectivity index (χ4v) is 6.02. The highest BCUT2D eigenvalue weighted by Gasteiger charge is 2.57. The molecule has 0 radical (unpaired) electrons. The van der Waals surface area contributed by atoms with Crippen LogP contribution in [0.1, 0.15) is 59.3 Å². The Hall–Kier alpha value is -1.73. The van der Waals surface area contributed by atoms with Gasteiger partial charge in [-0.1, -0.05) is 32.4 Å². The average molecular weight is 355 g/mol. The summed E-state index contributed by atoms with van der Waals surface area (Å²) in [7, 11) is 0. The van der Waals surface area contributed by atoms with Crippen molar-refractivity contribution in [2.75, 3.05) is 0 Å². The second kappa shape index (κ2) is 6.78. The molecule has 0 aromatic heterocycles. The Morgan fingerprint density at radius 1 is 1.38 bits per heavy atom. The van der Waals surface area contributed by atoms with Gasteiger partial charge in [0.05, 0.1) is 18.6 Å². The first-order chi connectivity index (χ1) is 12.3. The SMILES string of the molecule is CCC1=CC(=O)C=CC1(C)C1CC2CCC(C(=O)CC#N)C2(C)CC1O. The molecule has 0 bridgehead atoms. The van der Waals surface area contributed by atoms with E-state index in [1.807, 2.05) is 12.1 Å². The second-order valence-corrected chi connectivity index (χ2v) is 8.79. The van der Waals surface area contributed by atoms with Gasteiger partial charge < -0.3 is 5.11 Å². The zero-order valence-electron chi connectivity index (χ0n) is 16.0. The average Bonchev–Trinajstić information content (AvgIpc) is 2.92. The molecule has 2 fully saturated rings. The van der Waals surface area contributed by atoms with Crippen LogP contribution < -0.4 is 0 Å². The number of hydrogen-bond acceptors (Lipinski definition) is 4. The van der Waals surface area contributed by atoms with Crippen LogP contribution in [-0.4, -0.2) is 22.8 Å². The molecule has 0 saturated heterocycles. The molecular weight excluding hydrogens is 326 g/mol. The number of rotatable bonds is 4. The lowest BCUT2D eigenvalue weighted by molar-refractivity contribution is -0.129. The van der Waals surface area contributed by atoms with Crippen molar-refractivity contribution >= 4 is 11.6 Å². The Kier molecular flexibility index (Phi) is 4.96. The molecule has 0 heterocycles. The summed E-state index contributed by atoms with van der Waals surface area (Å²) in [5.74, 6) is 0.384. The summed E-state index contributed by atoms with van der Waals surface area (Å²) >= 11 is 0. The van der Waals surface area contributed by atoms with Crippen molar-refractivity contribution in [1.29, 1.82) is 5.26 Å². The van der Waals surface area contributed by atoms with Crippen LogP contribution in [0.25, 0.3) is 0 Å². The fraction of sp³-hybridized carbons (Fsp3) is 0.682. The van der Waals surface area contributed by atoms with Gasteiger partial charge in [0, 0.05) is 11.3 Å². The number of nitrogens with zero attached hydrogens (tertiary/aromatic N) is 1. The van der Waals surface area contributed by atoms with Crippen LogP contribution in [0.3, 0.4) is 0 Å². The van der Waals surface area contributed by atoms with E-state index in [4.69, 9.17) is 5.26 Å². The molecule has 0 spiro atoms. The maximum Gasteiger partial charge on any atom is 0.178 e. The highest BCUT2D eigenvalue weighted by atomic mass is 16.3. The normalized spacial score (nSPS) is 42.1. The van der Waals surface area contributed by atoms with Gasteiger partial charge in [-0.05, 0) is 61.5 Å². The van der Waals surface area contributed by atoms with E-state index in [9.17, 15) is 14.7 Å². The molecule has 0 amide bonds. The maximum absolute atomic E-state index is 12.4. The van der Waals surface area contributed by atoms with Crippen molar-refractivity contribution < 1.29 is 14.7 Å². The number of Topliss-reactive ketones (excluding diaryl/α,β-unsaturated/α-hetero) is 1. The van der Waals surface area contributed by atoms with Gasteiger partial charge in [-0.15, -0.1) is 0 Å². The van der Waals surface area contributed by atoms with E-state index >= 15 is 0 Å². The zero-order chi connectivity index (χ0) is 19.1. The number of carbonyl (C=O) groups excluding carboxylic acids is 2. The minimum Gasteiger partial charge on any atom is -0.393 e. The van der Waals surface area contributed by atoms with Gasteiger partial charge in [-0.2, -0.15) is 5.26 Å². The lowest BCUT2D eigenvalue weighted by atomic mass is 9.54. The first kappa shape index (κ1) is 19.0. The first-order valence-electron chi connectivity index (χ1n) is 9.78. The molecule has 2 saturated carbocycles. The number of fused-ring (bicyclic) bond motifs is 1. The quantitative estimate of drug-likeness (QED) is 0.833. The van der Waals surface area contributed by atoms with E-state index in [-0.39, 0.29) is 40.7 Å². The molecule has 140 valence electrons. The van der Waals surface area contributed by atoms with Gasteiger partial charge in [-0.3, -0.25) is 9.59 Å². The van der Waals surface area contributed by atoms with Crippen LogP contribution in [0.15, 0.2) is 23.8 Å². The summed E-state index contributed by atoms with van der Waals surface area (Å²) in [6.07, 6.45) is 8.86. The maximum atomic E-state index is 12.4. The third-order valence-electron chi connectivity index (χ3n) is 7.58. The van der Waals surface area contributed by atoms with Crippen molar-refractivity contribution in [2.45, 2.75) is 65.4 Å². The predicted octanol–water partition coefficient (Wildman–Crippen LogP) is 3.75. The van der Waals surface area contributed by atoms with Crippen molar-refractivity contribution in [3.05, 3.63) is 23.8 Å². The van der Waals surface area contributed by atoms with Crippen LogP contribution in [0, 0.1) is 39.9 Å². The summed E-state index contributed by atoms with van der Waals surface area (Å²) in [4.78, 5) is 24.2. The van der Waals surface area contributed by atoms with E-state index in [0.717, 1.165) is 31.3 Å². The summed E-state index contributed by atoms with van der Waals surface area (Å²) in [6, 6.07) is 1.99. The van der Waals surface area contributed by atoms with Crippen LogP contribution >= 0.6 is 0 Å². The summed E-state index contributed by atoms with van der Waals surface area (Å²) in [5, 5.41) is 20.0. The van der Waals surface area contributed by atoms with Gasteiger partial charge in [-0.25, -0.2) is 0 Å². The predicted molar refractivity (Wildman–Crippen MR) is 98.9 cm³/mol. The molecule has 4 heteroatoms. The number of hydrogen-bond donors (Lipinski definition) is 1.